The Hall–Kier alpha value is -1.33. The van der Waals surface area contributed by atoms with Gasteiger partial charge in [-0.3, -0.25) is 0 Å². The Labute approximate surface area is 97.7 Å². The standard InChI is InChI=1S/C11H12N2O2S/c1-7-6-15-11(13-7)16-10-9(8(2)14)4-3-5-12-10/h3-6,8,14H,1-2H3/t8-/m0/s1. The smallest absolute Gasteiger partial charge is 0.262 e. The molecule has 0 saturated heterocycles. The normalized spacial score (nSPS) is 12.7. The molecule has 4 nitrogen and oxygen atoms in total. The average Bonchev–Trinajstić information content (AvgIpc) is 2.64. The van der Waals surface area contributed by atoms with E-state index in [0.717, 1.165) is 16.3 Å². The summed E-state index contributed by atoms with van der Waals surface area (Å²) < 4.78 is 5.23. The molecule has 0 saturated carbocycles. The van der Waals surface area contributed by atoms with Gasteiger partial charge in [0.25, 0.3) is 5.22 Å². The van der Waals surface area contributed by atoms with E-state index in [1.54, 1.807) is 25.5 Å². The topological polar surface area (TPSA) is 59.2 Å². The molecule has 2 rings (SSSR count). The summed E-state index contributed by atoms with van der Waals surface area (Å²) in [5.41, 5.74) is 1.61. The summed E-state index contributed by atoms with van der Waals surface area (Å²) in [6.07, 6.45) is 2.73. The van der Waals surface area contributed by atoms with E-state index in [9.17, 15) is 5.11 Å². The molecule has 0 bridgehead atoms. The third kappa shape index (κ3) is 2.43. The fourth-order valence-corrected chi connectivity index (χ4v) is 2.19. The van der Waals surface area contributed by atoms with Crippen LogP contribution < -0.4 is 0 Å². The number of rotatable bonds is 3. The van der Waals surface area contributed by atoms with Gasteiger partial charge < -0.3 is 9.52 Å². The van der Waals surface area contributed by atoms with E-state index >= 15 is 0 Å². The Kier molecular flexibility index (Phi) is 3.26. The minimum Gasteiger partial charge on any atom is -0.439 e. The first-order chi connectivity index (χ1) is 7.66. The lowest BCUT2D eigenvalue weighted by molar-refractivity contribution is 0.195. The molecular formula is C11H12N2O2S. The highest BCUT2D eigenvalue weighted by molar-refractivity contribution is 7.99. The van der Waals surface area contributed by atoms with E-state index < -0.39 is 6.10 Å². The molecule has 5 heteroatoms. The number of oxazole rings is 1. The maximum absolute atomic E-state index is 9.58. The summed E-state index contributed by atoms with van der Waals surface area (Å²) in [6.45, 7) is 3.57. The maximum Gasteiger partial charge on any atom is 0.262 e. The van der Waals surface area contributed by atoms with E-state index in [1.165, 1.54) is 11.8 Å². The Morgan fingerprint density at radius 2 is 2.31 bits per heavy atom. The van der Waals surface area contributed by atoms with Crippen LogP contribution in [-0.4, -0.2) is 15.1 Å². The van der Waals surface area contributed by atoms with Crippen LogP contribution in [0.2, 0.25) is 0 Å². The van der Waals surface area contributed by atoms with E-state index in [0.29, 0.717) is 5.22 Å². The molecule has 0 aliphatic heterocycles. The van der Waals surface area contributed by atoms with E-state index in [4.69, 9.17) is 4.42 Å². The predicted molar refractivity (Wildman–Crippen MR) is 60.2 cm³/mol. The lowest BCUT2D eigenvalue weighted by Gasteiger charge is -2.07. The van der Waals surface area contributed by atoms with Crippen LogP contribution in [-0.2, 0) is 0 Å². The molecule has 0 radical (unpaired) electrons. The van der Waals surface area contributed by atoms with Crippen LogP contribution in [0.1, 0.15) is 24.3 Å². The summed E-state index contributed by atoms with van der Waals surface area (Å²) in [6, 6.07) is 3.64. The molecule has 0 aliphatic rings. The van der Waals surface area contributed by atoms with Gasteiger partial charge in [0.2, 0.25) is 0 Å². The number of aromatic nitrogens is 2. The Balaban J connectivity index is 2.27. The lowest BCUT2D eigenvalue weighted by Crippen LogP contribution is -1.95. The number of aliphatic hydroxyl groups excluding tert-OH is 1. The van der Waals surface area contributed by atoms with Crippen LogP contribution in [0.25, 0.3) is 0 Å². The van der Waals surface area contributed by atoms with Gasteiger partial charge in [-0.2, -0.15) is 0 Å². The zero-order valence-corrected chi connectivity index (χ0v) is 9.86. The highest BCUT2D eigenvalue weighted by atomic mass is 32.2. The molecule has 16 heavy (non-hydrogen) atoms. The fraction of sp³-hybridized carbons (Fsp3) is 0.273. The molecule has 1 atom stereocenters. The van der Waals surface area contributed by atoms with Crippen molar-refractivity contribution in [2.45, 2.75) is 30.2 Å². The average molecular weight is 236 g/mol. The third-order valence-corrected chi connectivity index (χ3v) is 2.93. The van der Waals surface area contributed by atoms with Crippen molar-refractivity contribution in [3.05, 3.63) is 35.9 Å². The molecule has 1 N–H and O–H groups in total. The maximum atomic E-state index is 9.58. The molecule has 2 aromatic heterocycles. The number of pyridine rings is 1. The summed E-state index contributed by atoms with van der Waals surface area (Å²) in [5.74, 6) is 0. The zero-order chi connectivity index (χ0) is 11.5. The Morgan fingerprint density at radius 3 is 2.94 bits per heavy atom. The van der Waals surface area contributed by atoms with Crippen molar-refractivity contribution in [1.82, 2.24) is 9.97 Å². The first-order valence-electron chi connectivity index (χ1n) is 4.90. The van der Waals surface area contributed by atoms with Crippen molar-refractivity contribution < 1.29 is 9.52 Å². The van der Waals surface area contributed by atoms with Crippen LogP contribution in [0.5, 0.6) is 0 Å². The quantitative estimate of drug-likeness (QED) is 0.887. The van der Waals surface area contributed by atoms with Crippen molar-refractivity contribution in [3.63, 3.8) is 0 Å². The third-order valence-electron chi connectivity index (χ3n) is 2.03. The van der Waals surface area contributed by atoms with E-state index in [2.05, 4.69) is 9.97 Å². The largest absolute Gasteiger partial charge is 0.439 e. The fourth-order valence-electron chi connectivity index (χ4n) is 1.27. The van der Waals surface area contributed by atoms with E-state index in [1.807, 2.05) is 13.0 Å². The number of hydrogen-bond acceptors (Lipinski definition) is 5. The van der Waals surface area contributed by atoms with Gasteiger partial charge in [0.15, 0.2) is 0 Å². The SMILES string of the molecule is Cc1coc(Sc2ncccc2[C@H](C)O)n1. The number of nitrogens with zero attached hydrogens (tertiary/aromatic N) is 2. The summed E-state index contributed by atoms with van der Waals surface area (Å²) in [5, 5.41) is 10.8. The molecule has 0 unspecified atom stereocenters. The Bertz CT molecular complexity index is 482. The van der Waals surface area contributed by atoms with Crippen LogP contribution in [0, 0.1) is 6.92 Å². The number of aliphatic hydroxyl groups is 1. The van der Waals surface area contributed by atoms with Crippen LogP contribution in [0.15, 0.2) is 39.3 Å². The summed E-state index contributed by atoms with van der Waals surface area (Å²) in [4.78, 5) is 8.39. The summed E-state index contributed by atoms with van der Waals surface area (Å²) >= 11 is 1.31. The zero-order valence-electron chi connectivity index (χ0n) is 9.04. The highest BCUT2D eigenvalue weighted by Gasteiger charge is 2.12. The first kappa shape index (κ1) is 11.2. The second-order valence-corrected chi connectivity index (χ2v) is 4.37. The lowest BCUT2D eigenvalue weighted by atomic mass is 10.2. The molecule has 0 aromatic carbocycles. The molecule has 0 spiro atoms. The minimum atomic E-state index is -0.549. The van der Waals surface area contributed by atoms with Crippen molar-refractivity contribution in [2.24, 2.45) is 0 Å². The van der Waals surface area contributed by atoms with Gasteiger partial charge in [-0.05, 0) is 31.7 Å². The van der Waals surface area contributed by atoms with Crippen molar-refractivity contribution >= 4 is 11.8 Å². The van der Waals surface area contributed by atoms with Gasteiger partial charge in [0.05, 0.1) is 11.8 Å². The highest BCUT2D eigenvalue weighted by Crippen LogP contribution is 2.30. The second-order valence-electron chi connectivity index (χ2n) is 3.43. The van der Waals surface area contributed by atoms with Gasteiger partial charge in [0, 0.05) is 11.8 Å². The summed E-state index contributed by atoms with van der Waals surface area (Å²) in [7, 11) is 0. The number of hydrogen-bond donors (Lipinski definition) is 1. The van der Waals surface area contributed by atoms with Crippen LogP contribution in [0.4, 0.5) is 0 Å². The molecular weight excluding hydrogens is 224 g/mol. The van der Waals surface area contributed by atoms with Crippen molar-refractivity contribution in [2.75, 3.05) is 0 Å². The van der Waals surface area contributed by atoms with Gasteiger partial charge >= 0.3 is 0 Å². The van der Waals surface area contributed by atoms with Gasteiger partial charge in [-0.25, -0.2) is 9.97 Å². The molecule has 0 fully saturated rings. The number of aryl methyl sites for hydroxylation is 1. The van der Waals surface area contributed by atoms with Crippen LogP contribution >= 0.6 is 11.8 Å². The van der Waals surface area contributed by atoms with Gasteiger partial charge in [0.1, 0.15) is 11.3 Å². The molecule has 2 aromatic rings. The van der Waals surface area contributed by atoms with Gasteiger partial charge in [-0.1, -0.05) is 6.07 Å². The van der Waals surface area contributed by atoms with Crippen molar-refractivity contribution in [3.8, 4) is 0 Å². The van der Waals surface area contributed by atoms with Crippen LogP contribution in [0.3, 0.4) is 0 Å². The Morgan fingerprint density at radius 1 is 1.50 bits per heavy atom. The molecule has 84 valence electrons. The molecule has 0 amide bonds. The van der Waals surface area contributed by atoms with Gasteiger partial charge in [-0.15, -0.1) is 0 Å². The van der Waals surface area contributed by atoms with E-state index in [-0.39, 0.29) is 0 Å². The second kappa shape index (κ2) is 4.67. The first-order valence-corrected chi connectivity index (χ1v) is 5.71. The monoisotopic (exact) mass is 236 g/mol. The molecule has 0 aliphatic carbocycles. The molecule has 2 heterocycles. The minimum absolute atomic E-state index is 0.540. The predicted octanol–water partition coefficient (Wildman–Crippen LogP) is 2.58. The van der Waals surface area contributed by atoms with Crippen molar-refractivity contribution in [1.29, 1.82) is 0 Å².